The minimum atomic E-state index is -1.07. The molecule has 2 amide bonds. The van der Waals surface area contributed by atoms with Crippen LogP contribution < -0.4 is 0 Å². The van der Waals surface area contributed by atoms with Crippen LogP contribution in [0.3, 0.4) is 0 Å². The molecule has 5 rings (SSSR count). The van der Waals surface area contributed by atoms with E-state index in [1.165, 1.54) is 29.8 Å². The van der Waals surface area contributed by atoms with Crippen molar-refractivity contribution in [2.24, 2.45) is 0 Å². The first-order valence-electron chi connectivity index (χ1n) is 11.1. The van der Waals surface area contributed by atoms with Gasteiger partial charge in [0, 0.05) is 19.6 Å². The molecule has 1 saturated heterocycles. The first-order chi connectivity index (χ1) is 16.0. The Balaban J connectivity index is 1.41. The Bertz CT molecular complexity index is 1150. The van der Waals surface area contributed by atoms with Crippen LogP contribution in [0.1, 0.15) is 28.7 Å². The van der Waals surface area contributed by atoms with Gasteiger partial charge in [0.15, 0.2) is 0 Å². The lowest BCUT2D eigenvalue weighted by molar-refractivity contribution is -0.140. The molecule has 6 heteroatoms. The molecule has 2 heterocycles. The number of likely N-dealkylation sites (tertiary alicyclic amines) is 1. The highest BCUT2D eigenvalue weighted by Gasteiger charge is 2.49. The lowest BCUT2D eigenvalue weighted by Crippen LogP contribution is -2.45. The summed E-state index contributed by atoms with van der Waals surface area (Å²) in [5.74, 6) is -1.09. The van der Waals surface area contributed by atoms with Crippen molar-refractivity contribution in [3.8, 4) is 0 Å². The molecule has 0 N–H and O–H groups in total. The average Bonchev–Trinajstić information content (AvgIpc) is 3.16. The van der Waals surface area contributed by atoms with E-state index in [0.717, 1.165) is 12.0 Å². The summed E-state index contributed by atoms with van der Waals surface area (Å²) >= 11 is 0. The van der Waals surface area contributed by atoms with Gasteiger partial charge in [-0.05, 0) is 59.4 Å². The molecule has 3 aromatic rings. The molecule has 33 heavy (non-hydrogen) atoms. The molecule has 0 radical (unpaired) electrons. The van der Waals surface area contributed by atoms with Gasteiger partial charge in [0.1, 0.15) is 17.0 Å². The van der Waals surface area contributed by atoms with Crippen molar-refractivity contribution in [2.75, 3.05) is 19.6 Å². The lowest BCUT2D eigenvalue weighted by atomic mass is 9.73. The highest BCUT2D eigenvalue weighted by molar-refractivity contribution is 5.96. The third-order valence-electron chi connectivity index (χ3n) is 6.89. The zero-order valence-corrected chi connectivity index (χ0v) is 18.1. The normalized spacial score (nSPS) is 17.2. The number of benzene rings is 3. The van der Waals surface area contributed by atoms with Gasteiger partial charge in [-0.3, -0.25) is 9.59 Å². The molecule has 3 aromatic carbocycles. The van der Waals surface area contributed by atoms with E-state index in [-0.39, 0.29) is 18.4 Å². The number of halogens is 2. The summed E-state index contributed by atoms with van der Waals surface area (Å²) in [7, 11) is 0. The van der Waals surface area contributed by atoms with E-state index >= 15 is 0 Å². The van der Waals surface area contributed by atoms with E-state index in [1.54, 1.807) is 34.1 Å². The van der Waals surface area contributed by atoms with Crippen molar-refractivity contribution in [1.82, 2.24) is 9.80 Å². The van der Waals surface area contributed by atoms with E-state index in [2.05, 4.69) is 6.07 Å². The van der Waals surface area contributed by atoms with Gasteiger partial charge in [-0.25, -0.2) is 8.78 Å². The van der Waals surface area contributed by atoms with Crippen molar-refractivity contribution in [1.29, 1.82) is 0 Å². The van der Waals surface area contributed by atoms with Crippen LogP contribution in [0.4, 0.5) is 8.78 Å². The fourth-order valence-electron chi connectivity index (χ4n) is 5.07. The second-order valence-electron chi connectivity index (χ2n) is 8.73. The molecule has 0 spiro atoms. The molecule has 0 unspecified atom stereocenters. The maximum absolute atomic E-state index is 13.8. The molecular weight excluding hydrogens is 422 g/mol. The Hall–Kier alpha value is -3.54. The first-order valence-corrected chi connectivity index (χ1v) is 11.1. The van der Waals surface area contributed by atoms with E-state index in [1.807, 2.05) is 18.2 Å². The summed E-state index contributed by atoms with van der Waals surface area (Å²) in [4.78, 5) is 30.3. The monoisotopic (exact) mass is 446 g/mol. The maximum Gasteiger partial charge on any atom is 0.242 e. The summed E-state index contributed by atoms with van der Waals surface area (Å²) in [5.41, 5.74) is 2.60. The van der Waals surface area contributed by atoms with Crippen LogP contribution in [0.5, 0.6) is 0 Å². The third-order valence-corrected chi connectivity index (χ3v) is 6.89. The minimum Gasteiger partial charge on any atom is -0.336 e. The molecule has 0 aromatic heterocycles. The molecule has 168 valence electrons. The van der Waals surface area contributed by atoms with Gasteiger partial charge < -0.3 is 9.80 Å². The Morgan fingerprint density at radius 3 is 2.00 bits per heavy atom. The van der Waals surface area contributed by atoms with E-state index in [9.17, 15) is 18.4 Å². The number of amides is 2. The largest absolute Gasteiger partial charge is 0.336 e. The van der Waals surface area contributed by atoms with Gasteiger partial charge in [0.25, 0.3) is 0 Å². The van der Waals surface area contributed by atoms with Gasteiger partial charge in [-0.2, -0.15) is 0 Å². The topological polar surface area (TPSA) is 40.6 Å². The number of hydrogen-bond donors (Lipinski definition) is 0. The maximum atomic E-state index is 13.8. The second-order valence-corrected chi connectivity index (χ2v) is 8.73. The molecule has 0 aliphatic carbocycles. The zero-order chi connectivity index (χ0) is 23.0. The van der Waals surface area contributed by atoms with Crippen molar-refractivity contribution in [3.05, 3.63) is 107 Å². The van der Waals surface area contributed by atoms with Crippen LogP contribution >= 0.6 is 0 Å². The van der Waals surface area contributed by atoms with Crippen LogP contribution in [0.2, 0.25) is 0 Å². The van der Waals surface area contributed by atoms with Crippen LogP contribution in [-0.2, 0) is 28.0 Å². The predicted molar refractivity (Wildman–Crippen MR) is 120 cm³/mol. The van der Waals surface area contributed by atoms with Crippen LogP contribution in [0, 0.1) is 11.6 Å². The number of carbonyl (C=O) groups is 2. The smallest absolute Gasteiger partial charge is 0.242 e. The van der Waals surface area contributed by atoms with E-state index in [0.29, 0.717) is 37.2 Å². The summed E-state index contributed by atoms with van der Waals surface area (Å²) in [6.07, 6.45) is 1.23. The average molecular weight is 446 g/mol. The Morgan fingerprint density at radius 2 is 1.39 bits per heavy atom. The van der Waals surface area contributed by atoms with E-state index < -0.39 is 17.0 Å². The number of carbonyl (C=O) groups excluding carboxylic acids is 2. The number of fused-ring (bicyclic) bond motifs is 1. The molecule has 2 aliphatic rings. The fraction of sp³-hybridized carbons (Fsp3) is 0.259. The molecular formula is C27H24F2N2O2. The van der Waals surface area contributed by atoms with Gasteiger partial charge in [0.05, 0.1) is 6.54 Å². The van der Waals surface area contributed by atoms with Crippen molar-refractivity contribution in [2.45, 2.75) is 24.8 Å². The van der Waals surface area contributed by atoms with Crippen LogP contribution in [0.25, 0.3) is 0 Å². The molecule has 0 atom stereocenters. The Labute approximate surface area is 191 Å². The second kappa shape index (κ2) is 8.43. The van der Waals surface area contributed by atoms with Crippen LogP contribution in [0.15, 0.2) is 72.8 Å². The number of rotatable bonds is 4. The summed E-state index contributed by atoms with van der Waals surface area (Å²) in [5, 5.41) is 0. The molecule has 0 saturated carbocycles. The van der Waals surface area contributed by atoms with Gasteiger partial charge in [0.2, 0.25) is 11.8 Å². The summed E-state index contributed by atoms with van der Waals surface area (Å²) in [6, 6.07) is 19.8. The highest BCUT2D eigenvalue weighted by atomic mass is 19.1. The van der Waals surface area contributed by atoms with Gasteiger partial charge in [-0.1, -0.05) is 48.5 Å². The van der Waals surface area contributed by atoms with Crippen molar-refractivity contribution >= 4 is 11.8 Å². The van der Waals surface area contributed by atoms with Crippen molar-refractivity contribution in [3.63, 3.8) is 0 Å². The SMILES string of the molecule is O=C(CN1CCC(c2ccc(F)cc2)(c2ccc(F)cc2)C1=O)N1CCc2ccccc2C1. The number of nitrogens with zero attached hydrogens (tertiary/aromatic N) is 2. The quantitative estimate of drug-likeness (QED) is 0.606. The predicted octanol–water partition coefficient (Wildman–Crippen LogP) is 4.07. The molecule has 2 aliphatic heterocycles. The Kier molecular flexibility index (Phi) is 5.44. The van der Waals surface area contributed by atoms with E-state index in [4.69, 9.17) is 0 Å². The first kappa shape index (κ1) is 21.3. The highest BCUT2D eigenvalue weighted by Crippen LogP contribution is 2.42. The van der Waals surface area contributed by atoms with Crippen molar-refractivity contribution < 1.29 is 18.4 Å². The minimum absolute atomic E-state index is 0.00879. The number of hydrogen-bond acceptors (Lipinski definition) is 2. The summed E-state index contributed by atoms with van der Waals surface area (Å²) in [6.45, 7) is 1.55. The van der Waals surface area contributed by atoms with Gasteiger partial charge in [-0.15, -0.1) is 0 Å². The fourth-order valence-corrected chi connectivity index (χ4v) is 5.07. The standard InChI is InChI=1S/C27H24F2N2O2/c28-23-9-5-21(6-10-23)27(22-7-11-24(29)12-8-22)14-16-31(26(27)33)18-25(32)30-15-13-19-3-1-2-4-20(19)17-30/h1-12H,13-18H2. The molecule has 1 fully saturated rings. The summed E-state index contributed by atoms with van der Waals surface area (Å²) < 4.78 is 27.2. The third kappa shape index (κ3) is 3.80. The lowest BCUT2D eigenvalue weighted by Gasteiger charge is -2.32. The van der Waals surface area contributed by atoms with Crippen LogP contribution in [-0.4, -0.2) is 41.2 Å². The van der Waals surface area contributed by atoms with Gasteiger partial charge >= 0.3 is 0 Å². The molecule has 0 bridgehead atoms. The Morgan fingerprint density at radius 1 is 0.818 bits per heavy atom. The molecule has 4 nitrogen and oxygen atoms in total. The zero-order valence-electron chi connectivity index (χ0n) is 18.1.